The molecule has 0 bridgehead atoms. The number of aryl methyl sites for hydroxylation is 1. The summed E-state index contributed by atoms with van der Waals surface area (Å²) in [4.78, 5) is 31.4. The molecule has 0 saturated carbocycles. The number of nitrogens with zero attached hydrogens (tertiary/aromatic N) is 6. The Kier molecular flexibility index (Phi) is 5.69. The molecule has 1 fully saturated rings. The van der Waals surface area contributed by atoms with Crippen molar-refractivity contribution in [3.05, 3.63) is 76.0 Å². The molecule has 1 aromatic carbocycles. The maximum Gasteiger partial charge on any atom is 0.282 e. The number of para-hydroxylation sites is 1. The van der Waals surface area contributed by atoms with Crippen LogP contribution in [0.4, 0.5) is 23.1 Å². The molecule has 10 nitrogen and oxygen atoms in total. The van der Waals surface area contributed by atoms with Crippen molar-refractivity contribution in [1.82, 2.24) is 20.1 Å². The van der Waals surface area contributed by atoms with Crippen LogP contribution in [0.2, 0.25) is 0 Å². The largest absolute Gasteiger partial charge is 0.352 e. The third-order valence-corrected chi connectivity index (χ3v) is 5.04. The molecule has 0 atom stereocenters. The summed E-state index contributed by atoms with van der Waals surface area (Å²) in [5.74, 6) is 1.67. The highest BCUT2D eigenvalue weighted by Crippen LogP contribution is 2.22. The average molecular weight is 419 g/mol. The zero-order chi connectivity index (χ0) is 21.8. The number of piperazine rings is 1. The fourth-order valence-electron chi connectivity index (χ4n) is 3.42. The molecule has 1 aliphatic rings. The number of rotatable bonds is 5. The third-order valence-electron chi connectivity index (χ3n) is 5.04. The number of benzene rings is 1. The van der Waals surface area contributed by atoms with Gasteiger partial charge in [-0.1, -0.05) is 12.1 Å². The van der Waals surface area contributed by atoms with Gasteiger partial charge < -0.3 is 15.1 Å². The molecule has 1 N–H and O–H groups in total. The number of hydrogen-bond donors (Lipinski definition) is 1. The number of amides is 1. The molecule has 4 rings (SSSR count). The van der Waals surface area contributed by atoms with Crippen molar-refractivity contribution >= 4 is 29.0 Å². The van der Waals surface area contributed by atoms with E-state index in [-0.39, 0.29) is 17.2 Å². The second kappa shape index (κ2) is 8.74. The Labute approximate surface area is 178 Å². The van der Waals surface area contributed by atoms with Crippen LogP contribution in [0, 0.1) is 17.0 Å². The second-order valence-electron chi connectivity index (χ2n) is 7.17. The number of hydrogen-bond acceptors (Lipinski definition) is 8. The monoisotopic (exact) mass is 419 g/mol. The van der Waals surface area contributed by atoms with Gasteiger partial charge in [-0.25, -0.2) is 4.98 Å². The Morgan fingerprint density at radius 3 is 2.48 bits per heavy atom. The minimum atomic E-state index is -0.527. The van der Waals surface area contributed by atoms with E-state index in [2.05, 4.69) is 20.5 Å². The van der Waals surface area contributed by atoms with E-state index in [4.69, 9.17) is 0 Å². The number of nitro groups is 1. The van der Waals surface area contributed by atoms with Crippen LogP contribution in [0.1, 0.15) is 15.9 Å². The van der Waals surface area contributed by atoms with E-state index >= 15 is 0 Å². The molecule has 1 saturated heterocycles. The fourth-order valence-corrected chi connectivity index (χ4v) is 3.42. The Bertz CT molecular complexity index is 1100. The summed E-state index contributed by atoms with van der Waals surface area (Å²) in [6, 6.07) is 13.6. The van der Waals surface area contributed by atoms with Gasteiger partial charge in [0, 0.05) is 38.4 Å². The molecule has 0 spiro atoms. The first-order valence-corrected chi connectivity index (χ1v) is 9.82. The van der Waals surface area contributed by atoms with Gasteiger partial charge in [0.05, 0.1) is 4.92 Å². The molecule has 1 aliphatic heterocycles. The van der Waals surface area contributed by atoms with E-state index < -0.39 is 4.92 Å². The lowest BCUT2D eigenvalue weighted by atomic mass is 10.1. The van der Waals surface area contributed by atoms with E-state index in [1.54, 1.807) is 23.2 Å². The highest BCUT2D eigenvalue weighted by molar-refractivity contribution is 5.98. The quantitative estimate of drug-likeness (QED) is 0.496. The van der Waals surface area contributed by atoms with E-state index in [0.717, 1.165) is 5.56 Å². The molecule has 31 heavy (non-hydrogen) atoms. The topological polar surface area (TPSA) is 117 Å². The van der Waals surface area contributed by atoms with Gasteiger partial charge in [-0.15, -0.1) is 10.2 Å². The van der Waals surface area contributed by atoms with E-state index in [1.165, 1.54) is 12.1 Å². The molecule has 2 aromatic heterocycles. The Morgan fingerprint density at radius 1 is 1.03 bits per heavy atom. The minimum Gasteiger partial charge on any atom is -0.352 e. The standard InChI is InChI=1S/C21H21N7O3/c1-15-8-9-22-19(14-15)23-18-6-7-20(25-24-18)26-10-12-27(13-11-26)21(29)16-4-2-3-5-17(16)28(30)31/h2-9,14H,10-13H2,1H3,(H,22,23,24). The van der Waals surface area contributed by atoms with Crippen LogP contribution in [0.15, 0.2) is 54.7 Å². The first kappa shape index (κ1) is 20.2. The van der Waals surface area contributed by atoms with Gasteiger partial charge in [-0.3, -0.25) is 14.9 Å². The molecule has 10 heteroatoms. The number of aromatic nitrogens is 3. The normalized spacial score (nSPS) is 13.7. The zero-order valence-corrected chi connectivity index (χ0v) is 16.9. The van der Waals surface area contributed by atoms with E-state index in [9.17, 15) is 14.9 Å². The summed E-state index contributed by atoms with van der Waals surface area (Å²) in [6.07, 6.45) is 1.73. The molecular weight excluding hydrogens is 398 g/mol. The first-order valence-electron chi connectivity index (χ1n) is 9.82. The van der Waals surface area contributed by atoms with Crippen LogP contribution in [-0.4, -0.2) is 57.1 Å². The van der Waals surface area contributed by atoms with Crippen molar-refractivity contribution in [2.75, 3.05) is 36.4 Å². The molecule has 0 radical (unpaired) electrons. The second-order valence-corrected chi connectivity index (χ2v) is 7.17. The van der Waals surface area contributed by atoms with Gasteiger partial charge in [-0.2, -0.15) is 0 Å². The van der Waals surface area contributed by atoms with E-state index in [1.807, 2.05) is 36.1 Å². The van der Waals surface area contributed by atoms with Gasteiger partial charge in [0.2, 0.25) is 0 Å². The molecule has 0 aliphatic carbocycles. The third kappa shape index (κ3) is 4.58. The molecule has 158 valence electrons. The van der Waals surface area contributed by atoms with Crippen LogP contribution >= 0.6 is 0 Å². The maximum absolute atomic E-state index is 12.8. The Morgan fingerprint density at radius 2 is 1.81 bits per heavy atom. The smallest absolute Gasteiger partial charge is 0.282 e. The van der Waals surface area contributed by atoms with Crippen molar-refractivity contribution < 1.29 is 9.72 Å². The summed E-state index contributed by atoms with van der Waals surface area (Å²) in [7, 11) is 0. The highest BCUT2D eigenvalue weighted by Gasteiger charge is 2.27. The van der Waals surface area contributed by atoms with Gasteiger partial charge in [-0.05, 0) is 42.8 Å². The fraction of sp³-hybridized carbons (Fsp3) is 0.238. The molecule has 0 unspecified atom stereocenters. The van der Waals surface area contributed by atoms with Gasteiger partial charge in [0.15, 0.2) is 11.6 Å². The SMILES string of the molecule is Cc1ccnc(Nc2ccc(N3CCN(C(=O)c4ccccc4[N+](=O)[O-])CC3)nn2)c1. The molecular formula is C21H21N7O3. The average Bonchev–Trinajstić information content (AvgIpc) is 2.79. The van der Waals surface area contributed by atoms with Gasteiger partial charge in [0.25, 0.3) is 11.6 Å². The molecule has 3 aromatic rings. The van der Waals surface area contributed by atoms with Gasteiger partial charge in [0.1, 0.15) is 11.4 Å². The van der Waals surface area contributed by atoms with Crippen LogP contribution in [0.5, 0.6) is 0 Å². The lowest BCUT2D eigenvalue weighted by Gasteiger charge is -2.35. The lowest BCUT2D eigenvalue weighted by molar-refractivity contribution is -0.385. The predicted octanol–water partition coefficient (Wildman–Crippen LogP) is 2.79. The Hall–Kier alpha value is -4.08. The predicted molar refractivity (Wildman–Crippen MR) is 116 cm³/mol. The number of nitrogens with one attached hydrogen (secondary N) is 1. The van der Waals surface area contributed by atoms with Crippen LogP contribution in [0.3, 0.4) is 0 Å². The molecule has 1 amide bonds. The summed E-state index contributed by atoms with van der Waals surface area (Å²) in [5, 5.41) is 22.8. The van der Waals surface area contributed by atoms with Crippen molar-refractivity contribution in [3.8, 4) is 0 Å². The van der Waals surface area contributed by atoms with Crippen LogP contribution in [-0.2, 0) is 0 Å². The minimum absolute atomic E-state index is 0.112. The molecule has 3 heterocycles. The highest BCUT2D eigenvalue weighted by atomic mass is 16.6. The Balaban J connectivity index is 1.38. The lowest BCUT2D eigenvalue weighted by Crippen LogP contribution is -2.49. The van der Waals surface area contributed by atoms with Crippen molar-refractivity contribution in [2.24, 2.45) is 0 Å². The van der Waals surface area contributed by atoms with Crippen molar-refractivity contribution in [3.63, 3.8) is 0 Å². The van der Waals surface area contributed by atoms with Crippen molar-refractivity contribution in [1.29, 1.82) is 0 Å². The first-order chi connectivity index (χ1) is 15.0. The summed E-state index contributed by atoms with van der Waals surface area (Å²) < 4.78 is 0. The number of pyridine rings is 1. The number of nitro benzene ring substituents is 1. The summed E-state index contributed by atoms with van der Waals surface area (Å²) in [6.45, 7) is 4.00. The van der Waals surface area contributed by atoms with Crippen molar-refractivity contribution in [2.45, 2.75) is 6.92 Å². The van der Waals surface area contributed by atoms with Crippen LogP contribution in [0.25, 0.3) is 0 Å². The number of anilines is 3. The van der Waals surface area contributed by atoms with Gasteiger partial charge >= 0.3 is 0 Å². The summed E-state index contributed by atoms with van der Waals surface area (Å²) >= 11 is 0. The maximum atomic E-state index is 12.8. The summed E-state index contributed by atoms with van der Waals surface area (Å²) in [5.41, 5.74) is 1.03. The van der Waals surface area contributed by atoms with E-state index in [0.29, 0.717) is 43.6 Å². The number of carbonyl (C=O) groups excluding carboxylic acids is 1. The zero-order valence-electron chi connectivity index (χ0n) is 16.9. The van der Waals surface area contributed by atoms with Crippen LogP contribution < -0.4 is 10.2 Å². The number of carbonyl (C=O) groups is 1.